The molecule has 2 aromatic carbocycles. The molecule has 0 aliphatic rings. The Morgan fingerprint density at radius 2 is 1.74 bits per heavy atom. The van der Waals surface area contributed by atoms with E-state index in [1.54, 1.807) is 44.4 Å². The van der Waals surface area contributed by atoms with Gasteiger partial charge in [-0.15, -0.1) is 0 Å². The van der Waals surface area contributed by atoms with Crippen molar-refractivity contribution in [1.82, 2.24) is 5.32 Å². The minimum atomic E-state index is -3.88. The number of hydrogen-bond acceptors (Lipinski definition) is 4. The van der Waals surface area contributed by atoms with E-state index in [1.807, 2.05) is 19.1 Å². The molecule has 0 aliphatic heterocycles. The van der Waals surface area contributed by atoms with Crippen LogP contribution < -0.4 is 9.62 Å². The Labute approximate surface area is 161 Å². The highest BCUT2D eigenvalue weighted by molar-refractivity contribution is 7.92. The van der Waals surface area contributed by atoms with Gasteiger partial charge >= 0.3 is 0 Å². The summed E-state index contributed by atoms with van der Waals surface area (Å²) in [4.78, 5) is 12.6. The number of amides is 1. The summed E-state index contributed by atoms with van der Waals surface area (Å²) in [6.07, 6.45) is 0.848. The summed E-state index contributed by atoms with van der Waals surface area (Å²) in [5.41, 5.74) is 1.54. The lowest BCUT2D eigenvalue weighted by molar-refractivity contribution is -0.120. The molecule has 0 radical (unpaired) electrons. The summed E-state index contributed by atoms with van der Waals surface area (Å²) in [7, 11) is -2.33. The quantitative estimate of drug-likeness (QED) is 0.714. The fourth-order valence-corrected chi connectivity index (χ4v) is 4.12. The normalized spacial score (nSPS) is 12.4. The Kier molecular flexibility index (Phi) is 7.38. The number of anilines is 1. The average molecular weight is 391 g/mol. The van der Waals surface area contributed by atoms with Crippen LogP contribution >= 0.6 is 0 Å². The summed E-state index contributed by atoms with van der Waals surface area (Å²) in [5.74, 6) is -0.390. The van der Waals surface area contributed by atoms with Crippen molar-refractivity contribution in [2.24, 2.45) is 0 Å². The molecule has 2 aromatic rings. The van der Waals surface area contributed by atoms with Crippen molar-refractivity contribution < 1.29 is 17.9 Å². The second-order valence-corrected chi connectivity index (χ2v) is 8.13. The van der Waals surface area contributed by atoms with E-state index in [0.29, 0.717) is 12.3 Å². The van der Waals surface area contributed by atoms with Gasteiger partial charge in [0, 0.05) is 13.2 Å². The van der Waals surface area contributed by atoms with Crippen molar-refractivity contribution in [2.45, 2.75) is 31.2 Å². The summed E-state index contributed by atoms with van der Waals surface area (Å²) < 4.78 is 32.5. The van der Waals surface area contributed by atoms with E-state index >= 15 is 0 Å². The highest BCUT2D eigenvalue weighted by Crippen LogP contribution is 2.24. The number of carbonyl (C=O) groups excluding carboxylic acids is 1. The number of nitrogens with one attached hydrogen (secondary N) is 1. The molecule has 1 N–H and O–H groups in total. The van der Waals surface area contributed by atoms with Gasteiger partial charge in [0.15, 0.2) is 0 Å². The molecule has 0 fully saturated rings. The topological polar surface area (TPSA) is 75.7 Å². The Balaban J connectivity index is 2.35. The molecule has 27 heavy (non-hydrogen) atoms. The minimum Gasteiger partial charge on any atom is -0.383 e. The first-order valence-corrected chi connectivity index (χ1v) is 10.3. The zero-order chi connectivity index (χ0) is 19.9. The van der Waals surface area contributed by atoms with Gasteiger partial charge in [-0.25, -0.2) is 8.42 Å². The fourth-order valence-electron chi connectivity index (χ4n) is 2.68. The van der Waals surface area contributed by atoms with Crippen LogP contribution in [0.2, 0.25) is 0 Å². The maximum atomic E-state index is 13.2. The van der Waals surface area contributed by atoms with Gasteiger partial charge in [0.2, 0.25) is 5.91 Å². The highest BCUT2D eigenvalue weighted by Gasteiger charge is 2.27. The molecular weight excluding hydrogens is 364 g/mol. The molecule has 0 aliphatic carbocycles. The standard InChI is InChI=1S/C20H26N2O4S/c1-4-17-10-12-18(13-11-17)22(14-20(23)21-16(2)15-26-3)27(24,25)19-8-6-5-7-9-19/h5-13,16H,4,14-15H2,1-3H3,(H,21,23)/t16-/m0/s1. The maximum Gasteiger partial charge on any atom is 0.264 e. The lowest BCUT2D eigenvalue weighted by Crippen LogP contribution is -2.44. The lowest BCUT2D eigenvalue weighted by Gasteiger charge is -2.25. The van der Waals surface area contributed by atoms with Gasteiger partial charge in [-0.05, 0) is 43.2 Å². The Hall–Kier alpha value is -2.38. The molecule has 2 rings (SSSR count). The van der Waals surface area contributed by atoms with Crippen molar-refractivity contribution in [3.8, 4) is 0 Å². The Bertz CT molecular complexity index is 836. The molecule has 0 heterocycles. The SMILES string of the molecule is CCc1ccc(N(CC(=O)N[C@@H](C)COC)S(=O)(=O)c2ccccc2)cc1. The predicted octanol–water partition coefficient (Wildman–Crippen LogP) is 2.60. The van der Waals surface area contributed by atoms with E-state index in [2.05, 4.69) is 5.32 Å². The fraction of sp³-hybridized carbons (Fsp3) is 0.350. The molecule has 0 saturated carbocycles. The number of benzene rings is 2. The number of methoxy groups -OCH3 is 1. The van der Waals surface area contributed by atoms with E-state index < -0.39 is 15.9 Å². The largest absolute Gasteiger partial charge is 0.383 e. The van der Waals surface area contributed by atoms with Crippen LogP contribution in [0, 0.1) is 0 Å². The van der Waals surface area contributed by atoms with Crippen LogP contribution in [0.15, 0.2) is 59.5 Å². The van der Waals surface area contributed by atoms with Crippen LogP contribution in [-0.2, 0) is 26.0 Å². The molecular formula is C20H26N2O4S. The number of rotatable bonds is 9. The van der Waals surface area contributed by atoms with Crippen molar-refractivity contribution >= 4 is 21.6 Å². The van der Waals surface area contributed by atoms with Gasteiger partial charge < -0.3 is 10.1 Å². The number of hydrogen-bond donors (Lipinski definition) is 1. The van der Waals surface area contributed by atoms with Crippen LogP contribution in [0.5, 0.6) is 0 Å². The third-order valence-corrected chi connectivity index (χ3v) is 5.86. The van der Waals surface area contributed by atoms with Crippen LogP contribution in [0.25, 0.3) is 0 Å². The summed E-state index contributed by atoms with van der Waals surface area (Å²) in [6, 6.07) is 15.1. The van der Waals surface area contributed by atoms with E-state index in [9.17, 15) is 13.2 Å². The highest BCUT2D eigenvalue weighted by atomic mass is 32.2. The molecule has 1 amide bonds. The monoisotopic (exact) mass is 390 g/mol. The first-order valence-electron chi connectivity index (χ1n) is 8.83. The molecule has 0 bridgehead atoms. The number of ether oxygens (including phenoxy) is 1. The molecule has 0 spiro atoms. The Morgan fingerprint density at radius 3 is 2.30 bits per heavy atom. The molecule has 0 saturated heterocycles. The first kappa shape index (κ1) is 20.9. The molecule has 0 aromatic heterocycles. The van der Waals surface area contributed by atoms with Crippen molar-refractivity contribution in [1.29, 1.82) is 0 Å². The van der Waals surface area contributed by atoms with Crippen LogP contribution in [0.4, 0.5) is 5.69 Å². The van der Waals surface area contributed by atoms with Crippen molar-refractivity contribution in [3.63, 3.8) is 0 Å². The van der Waals surface area contributed by atoms with Gasteiger partial charge in [-0.2, -0.15) is 0 Å². The third-order valence-electron chi connectivity index (χ3n) is 4.08. The maximum absolute atomic E-state index is 13.2. The van der Waals surface area contributed by atoms with Crippen LogP contribution in [0.1, 0.15) is 19.4 Å². The van der Waals surface area contributed by atoms with Crippen LogP contribution in [-0.4, -0.2) is 40.6 Å². The number of sulfonamides is 1. The second kappa shape index (κ2) is 9.53. The smallest absolute Gasteiger partial charge is 0.264 e. The molecule has 7 heteroatoms. The number of nitrogens with zero attached hydrogens (tertiary/aromatic N) is 1. The van der Waals surface area contributed by atoms with Crippen molar-refractivity contribution in [2.75, 3.05) is 24.6 Å². The Morgan fingerprint density at radius 1 is 1.11 bits per heavy atom. The van der Waals surface area contributed by atoms with E-state index in [1.165, 1.54) is 12.1 Å². The number of carbonyl (C=O) groups is 1. The summed E-state index contributed by atoms with van der Waals surface area (Å²) in [6.45, 7) is 3.87. The van der Waals surface area contributed by atoms with E-state index in [0.717, 1.165) is 16.3 Å². The molecule has 6 nitrogen and oxygen atoms in total. The van der Waals surface area contributed by atoms with Crippen molar-refractivity contribution in [3.05, 3.63) is 60.2 Å². The van der Waals surface area contributed by atoms with E-state index in [4.69, 9.17) is 4.74 Å². The summed E-state index contributed by atoms with van der Waals surface area (Å²) in [5, 5.41) is 2.76. The summed E-state index contributed by atoms with van der Waals surface area (Å²) >= 11 is 0. The molecule has 1 atom stereocenters. The second-order valence-electron chi connectivity index (χ2n) is 6.27. The predicted molar refractivity (Wildman–Crippen MR) is 106 cm³/mol. The van der Waals surface area contributed by atoms with Gasteiger partial charge in [0.1, 0.15) is 6.54 Å². The van der Waals surface area contributed by atoms with Crippen LogP contribution in [0.3, 0.4) is 0 Å². The third kappa shape index (κ3) is 5.55. The number of aryl methyl sites for hydroxylation is 1. The molecule has 0 unspecified atom stereocenters. The van der Waals surface area contributed by atoms with Gasteiger partial charge in [0.25, 0.3) is 10.0 Å². The zero-order valence-electron chi connectivity index (χ0n) is 15.9. The lowest BCUT2D eigenvalue weighted by atomic mass is 10.1. The van der Waals surface area contributed by atoms with Gasteiger partial charge in [-0.1, -0.05) is 37.3 Å². The first-order chi connectivity index (χ1) is 12.9. The van der Waals surface area contributed by atoms with Gasteiger partial charge in [-0.3, -0.25) is 9.10 Å². The molecule has 146 valence electrons. The average Bonchev–Trinajstić information content (AvgIpc) is 2.67. The minimum absolute atomic E-state index is 0.141. The van der Waals surface area contributed by atoms with Gasteiger partial charge in [0.05, 0.1) is 17.2 Å². The van der Waals surface area contributed by atoms with E-state index in [-0.39, 0.29) is 17.5 Å². The zero-order valence-corrected chi connectivity index (χ0v) is 16.7.